The molecule has 0 saturated carbocycles. The fraction of sp³-hybridized carbons (Fsp3) is 0.294. The summed E-state index contributed by atoms with van der Waals surface area (Å²) >= 11 is 0. The molecule has 0 amide bonds. The molecule has 18 heavy (non-hydrogen) atoms. The third-order valence-corrected chi connectivity index (χ3v) is 1.42. The monoisotopic (exact) mass is 246 g/mol. The zero-order valence-corrected chi connectivity index (χ0v) is 12.0. The summed E-state index contributed by atoms with van der Waals surface area (Å²) < 4.78 is 0. The van der Waals surface area contributed by atoms with Gasteiger partial charge in [0.05, 0.1) is 0 Å². The highest BCUT2D eigenvalue weighted by molar-refractivity contribution is 5.18. The predicted octanol–water partition coefficient (Wildman–Crippen LogP) is 5.52. The van der Waals surface area contributed by atoms with Gasteiger partial charge < -0.3 is 5.11 Å². The van der Waals surface area contributed by atoms with Crippen LogP contribution >= 0.6 is 0 Å². The number of para-hydroxylation sites is 1. The van der Waals surface area contributed by atoms with Crippen molar-refractivity contribution in [3.63, 3.8) is 0 Å². The molecule has 1 heteroatoms. The van der Waals surface area contributed by atoms with Gasteiger partial charge in [-0.3, -0.25) is 0 Å². The number of phenols is 1. The Hall–Kier alpha value is -1.76. The average Bonchev–Trinajstić information content (AvgIpc) is 2.45. The third-order valence-electron chi connectivity index (χ3n) is 1.42. The van der Waals surface area contributed by atoms with Crippen LogP contribution in [0.1, 0.15) is 34.1 Å². The van der Waals surface area contributed by atoms with Crippen molar-refractivity contribution in [1.29, 1.82) is 0 Å². The second-order valence-corrected chi connectivity index (χ2v) is 3.20. The highest BCUT2D eigenvalue weighted by Gasteiger charge is 1.74. The van der Waals surface area contributed by atoms with Crippen molar-refractivity contribution < 1.29 is 5.11 Å². The molecule has 0 aliphatic rings. The Balaban J connectivity index is 0. The van der Waals surface area contributed by atoms with Crippen LogP contribution < -0.4 is 0 Å². The highest BCUT2D eigenvalue weighted by atomic mass is 16.3. The Kier molecular flexibility index (Phi) is 18.2. The van der Waals surface area contributed by atoms with Gasteiger partial charge in [-0.25, -0.2) is 0 Å². The quantitative estimate of drug-likeness (QED) is 0.648. The molecule has 0 spiro atoms. The van der Waals surface area contributed by atoms with Crippen LogP contribution in [0.5, 0.6) is 5.75 Å². The first-order valence-electron chi connectivity index (χ1n) is 6.55. The topological polar surface area (TPSA) is 20.2 Å². The molecular weight excluding hydrogens is 220 g/mol. The first kappa shape index (κ1) is 18.6. The standard InChI is InChI=1S/C6H6O.C6H6.C3H8.C2H6/c7-6-4-2-1-3-5-6;1-2-4-6-5-3-1;1-3-2;1-2/h1-5,7H;1-6H;3H2,1-2H3;1-2H3. The zero-order valence-electron chi connectivity index (χ0n) is 12.0. The van der Waals surface area contributed by atoms with Crippen molar-refractivity contribution in [3.8, 4) is 5.75 Å². The molecule has 1 nitrogen and oxygen atoms in total. The van der Waals surface area contributed by atoms with Gasteiger partial charge in [-0.05, 0) is 12.1 Å². The summed E-state index contributed by atoms with van der Waals surface area (Å²) in [6, 6.07) is 20.7. The van der Waals surface area contributed by atoms with Crippen molar-refractivity contribution in [2.75, 3.05) is 0 Å². The lowest BCUT2D eigenvalue weighted by Crippen LogP contribution is -1.56. The lowest BCUT2D eigenvalue weighted by Gasteiger charge is -1.82. The molecule has 0 radical (unpaired) electrons. The van der Waals surface area contributed by atoms with Gasteiger partial charge in [-0.15, -0.1) is 0 Å². The maximum atomic E-state index is 8.63. The number of hydrogen-bond acceptors (Lipinski definition) is 1. The van der Waals surface area contributed by atoms with E-state index in [1.165, 1.54) is 6.42 Å². The van der Waals surface area contributed by atoms with E-state index in [-0.39, 0.29) is 0 Å². The van der Waals surface area contributed by atoms with Gasteiger partial charge in [0.2, 0.25) is 0 Å². The lowest BCUT2D eigenvalue weighted by molar-refractivity contribution is 0.475. The van der Waals surface area contributed by atoms with Gasteiger partial charge in [0.1, 0.15) is 5.75 Å². The summed E-state index contributed by atoms with van der Waals surface area (Å²) in [4.78, 5) is 0. The summed E-state index contributed by atoms with van der Waals surface area (Å²) in [5.74, 6) is 0.322. The first-order chi connectivity index (χ1) is 8.81. The van der Waals surface area contributed by atoms with Gasteiger partial charge in [0.15, 0.2) is 0 Å². The number of phenolic OH excluding ortho intramolecular Hbond substituents is 1. The molecule has 0 heterocycles. The Morgan fingerprint density at radius 2 is 0.889 bits per heavy atom. The molecule has 0 aliphatic carbocycles. The van der Waals surface area contributed by atoms with E-state index in [4.69, 9.17) is 5.11 Å². The third kappa shape index (κ3) is 16.7. The van der Waals surface area contributed by atoms with Crippen molar-refractivity contribution >= 4 is 0 Å². The lowest BCUT2D eigenvalue weighted by atomic mass is 10.3. The van der Waals surface area contributed by atoms with E-state index >= 15 is 0 Å². The Morgan fingerprint density at radius 1 is 0.667 bits per heavy atom. The van der Waals surface area contributed by atoms with Crippen LogP contribution in [0.15, 0.2) is 66.7 Å². The van der Waals surface area contributed by atoms with Crippen molar-refractivity contribution in [2.24, 2.45) is 0 Å². The minimum Gasteiger partial charge on any atom is -0.508 e. The van der Waals surface area contributed by atoms with E-state index in [1.54, 1.807) is 24.3 Å². The Bertz CT molecular complexity index is 289. The molecule has 0 saturated heterocycles. The largest absolute Gasteiger partial charge is 0.508 e. The van der Waals surface area contributed by atoms with Gasteiger partial charge in [-0.2, -0.15) is 0 Å². The summed E-state index contributed by atoms with van der Waals surface area (Å²) in [5, 5.41) is 8.63. The predicted molar refractivity (Wildman–Crippen MR) is 81.9 cm³/mol. The van der Waals surface area contributed by atoms with Gasteiger partial charge in [0.25, 0.3) is 0 Å². The summed E-state index contributed by atoms with van der Waals surface area (Å²) in [6.45, 7) is 8.25. The van der Waals surface area contributed by atoms with Crippen LogP contribution in [0.2, 0.25) is 0 Å². The maximum absolute atomic E-state index is 8.63. The fourth-order valence-corrected chi connectivity index (χ4v) is 0.813. The van der Waals surface area contributed by atoms with Crippen LogP contribution in [0, 0.1) is 0 Å². The fourth-order valence-electron chi connectivity index (χ4n) is 0.813. The van der Waals surface area contributed by atoms with Crippen molar-refractivity contribution in [3.05, 3.63) is 66.7 Å². The molecule has 0 atom stereocenters. The maximum Gasteiger partial charge on any atom is 0.115 e. The molecule has 2 aromatic rings. The summed E-state index contributed by atoms with van der Waals surface area (Å²) in [6.07, 6.45) is 1.25. The zero-order chi connectivity index (χ0) is 14.1. The average molecular weight is 246 g/mol. The van der Waals surface area contributed by atoms with E-state index in [2.05, 4.69) is 13.8 Å². The summed E-state index contributed by atoms with van der Waals surface area (Å²) in [5.41, 5.74) is 0. The second kappa shape index (κ2) is 17.6. The molecule has 2 aromatic carbocycles. The van der Waals surface area contributed by atoms with Gasteiger partial charge in [-0.1, -0.05) is 88.7 Å². The van der Waals surface area contributed by atoms with Crippen molar-refractivity contribution in [2.45, 2.75) is 34.1 Å². The van der Waals surface area contributed by atoms with E-state index in [1.807, 2.05) is 56.3 Å². The number of aromatic hydroxyl groups is 1. The van der Waals surface area contributed by atoms with E-state index in [0.717, 1.165) is 0 Å². The van der Waals surface area contributed by atoms with Gasteiger partial charge in [0, 0.05) is 0 Å². The molecular formula is C17H26O. The summed E-state index contributed by atoms with van der Waals surface area (Å²) in [7, 11) is 0. The SMILES string of the molecule is CC.CCC.Oc1ccccc1.c1ccccc1. The molecule has 0 aliphatic heterocycles. The van der Waals surface area contributed by atoms with E-state index < -0.39 is 0 Å². The van der Waals surface area contributed by atoms with Gasteiger partial charge >= 0.3 is 0 Å². The van der Waals surface area contributed by atoms with E-state index in [9.17, 15) is 0 Å². The molecule has 100 valence electrons. The van der Waals surface area contributed by atoms with E-state index in [0.29, 0.717) is 5.75 Å². The smallest absolute Gasteiger partial charge is 0.115 e. The number of rotatable bonds is 0. The first-order valence-corrected chi connectivity index (χ1v) is 6.55. The van der Waals surface area contributed by atoms with Crippen LogP contribution in [0.4, 0.5) is 0 Å². The Morgan fingerprint density at radius 3 is 1.06 bits per heavy atom. The molecule has 0 fully saturated rings. The Labute approximate surface area is 112 Å². The van der Waals surface area contributed by atoms with Crippen LogP contribution in [0.3, 0.4) is 0 Å². The van der Waals surface area contributed by atoms with Crippen molar-refractivity contribution in [1.82, 2.24) is 0 Å². The second-order valence-electron chi connectivity index (χ2n) is 3.20. The molecule has 0 bridgehead atoms. The van der Waals surface area contributed by atoms with Crippen LogP contribution in [-0.2, 0) is 0 Å². The number of benzene rings is 2. The highest BCUT2D eigenvalue weighted by Crippen LogP contribution is 2.02. The van der Waals surface area contributed by atoms with Crippen LogP contribution in [-0.4, -0.2) is 5.11 Å². The minimum absolute atomic E-state index is 0.322. The normalized spacial score (nSPS) is 7.33. The number of hydrogen-bond donors (Lipinski definition) is 1. The molecule has 2 rings (SSSR count). The molecule has 1 N–H and O–H groups in total. The van der Waals surface area contributed by atoms with Crippen LogP contribution in [0.25, 0.3) is 0 Å². The minimum atomic E-state index is 0.322. The molecule has 0 aromatic heterocycles. The molecule has 0 unspecified atom stereocenters.